The van der Waals surface area contributed by atoms with Crippen molar-refractivity contribution in [1.82, 2.24) is 25.3 Å². The lowest BCUT2D eigenvalue weighted by Crippen LogP contribution is -2.46. The molecule has 5 atom stereocenters. The number of hydrogen-bond donors (Lipinski definition) is 3. The summed E-state index contributed by atoms with van der Waals surface area (Å²) in [6.45, 7) is 43.9. The number of carbonyl (C=O) groups is 5. The van der Waals surface area contributed by atoms with E-state index < -0.39 is 51.6 Å². The zero-order valence-corrected chi connectivity index (χ0v) is 69.8. The highest BCUT2D eigenvalue weighted by Crippen LogP contribution is 2.39. The largest absolute Gasteiger partial charge is 0.415 e. The molecule has 560 valence electrons. The first-order valence-electron chi connectivity index (χ1n) is 34.6. The summed E-state index contributed by atoms with van der Waals surface area (Å²) in [4.78, 5) is 74.1. The number of likely N-dealkylation sites (tertiary alicyclic amines) is 1. The Balaban J connectivity index is 0.000000588. The molecule has 5 fully saturated rings. The number of amidine groups is 2. The number of aliphatic hydroxyl groups is 1. The molecule has 0 unspecified atom stereocenters. The highest BCUT2D eigenvalue weighted by atomic mass is 79.9. The van der Waals surface area contributed by atoms with Crippen LogP contribution in [0.15, 0.2) is 49.4 Å². The number of aliphatic imine (C=N–C) groups is 2. The Labute approximate surface area is 614 Å². The highest BCUT2D eigenvalue weighted by Gasteiger charge is 2.42. The van der Waals surface area contributed by atoms with Crippen molar-refractivity contribution in [3.63, 3.8) is 0 Å². The van der Waals surface area contributed by atoms with Gasteiger partial charge in [0.05, 0.1) is 82.3 Å². The molecule has 0 aromatic heterocycles. The Morgan fingerprint density at radius 1 is 0.684 bits per heavy atom. The molecule has 0 aliphatic carbocycles. The number of azide groups is 2. The first-order chi connectivity index (χ1) is 46.1. The summed E-state index contributed by atoms with van der Waals surface area (Å²) in [6, 6.07) is 8.17. The molecule has 7 aliphatic heterocycles. The molecule has 0 saturated carbocycles. The number of carbonyl (C=O) groups excluding carboxylic acids is 5. The van der Waals surface area contributed by atoms with Crippen LogP contribution in [0.25, 0.3) is 20.9 Å². The van der Waals surface area contributed by atoms with E-state index in [1.807, 2.05) is 11.8 Å². The molecule has 1 aromatic rings. The maximum Gasteiger partial charge on any atom is 0.296 e. The topological polar surface area (TPSA) is 333 Å². The second-order valence-electron chi connectivity index (χ2n) is 29.3. The monoisotopic (exact) mass is 1640 g/mol. The van der Waals surface area contributed by atoms with Crippen molar-refractivity contribution >= 4 is 122 Å². The zero-order chi connectivity index (χ0) is 75.4. The average Bonchev–Trinajstić information content (AvgIpc) is 1.78. The van der Waals surface area contributed by atoms with Crippen molar-refractivity contribution in [1.29, 1.82) is 0 Å². The molecule has 5 saturated heterocycles. The summed E-state index contributed by atoms with van der Waals surface area (Å²) in [5.74, 6) is 3.12. The van der Waals surface area contributed by atoms with Crippen LogP contribution in [0, 0.1) is 6.92 Å². The van der Waals surface area contributed by atoms with Gasteiger partial charge in [0.15, 0.2) is 25.0 Å². The third-order valence-electron chi connectivity index (χ3n) is 18.9. The van der Waals surface area contributed by atoms with Gasteiger partial charge in [0, 0.05) is 131 Å². The number of alkyl halides is 2. The number of rotatable bonds is 22. The third kappa shape index (κ3) is 34.1. The van der Waals surface area contributed by atoms with Crippen LogP contribution in [0.2, 0.25) is 54.4 Å². The van der Waals surface area contributed by atoms with Crippen LogP contribution in [0.3, 0.4) is 0 Å². The molecule has 7 heterocycles. The number of benzene rings is 1. The van der Waals surface area contributed by atoms with Crippen molar-refractivity contribution in [2.75, 3.05) is 91.3 Å². The van der Waals surface area contributed by atoms with Gasteiger partial charge in [0.1, 0.15) is 0 Å². The van der Waals surface area contributed by atoms with Crippen molar-refractivity contribution in [2.24, 2.45) is 20.2 Å². The minimum absolute atomic E-state index is 0.00916. The number of nitrogens with one attached hydrogen (secondary N) is 2. The lowest BCUT2D eigenvalue weighted by atomic mass is 10.2. The van der Waals surface area contributed by atoms with E-state index in [0.717, 1.165) is 62.3 Å². The van der Waals surface area contributed by atoms with Gasteiger partial charge in [0.2, 0.25) is 17.7 Å². The van der Waals surface area contributed by atoms with Gasteiger partial charge in [-0.2, -0.15) is 8.42 Å². The van der Waals surface area contributed by atoms with Crippen LogP contribution in [-0.2, 0) is 51.6 Å². The fraction of sp³-hybridized carbons (Fsp3) is 0.800. The van der Waals surface area contributed by atoms with Crippen molar-refractivity contribution in [3.05, 3.63) is 50.7 Å². The zero-order valence-electron chi connectivity index (χ0n) is 62.3. The smallest absolute Gasteiger partial charge is 0.296 e. The second kappa shape index (κ2) is 45.4. The van der Waals surface area contributed by atoms with E-state index in [-0.39, 0.29) is 70.6 Å². The van der Waals surface area contributed by atoms with Crippen LogP contribution >= 0.6 is 47.8 Å². The van der Waals surface area contributed by atoms with E-state index in [2.05, 4.69) is 200 Å². The summed E-state index contributed by atoms with van der Waals surface area (Å²) < 4.78 is 61.0. The van der Waals surface area contributed by atoms with Gasteiger partial charge in [-0.05, 0) is 142 Å². The second-order valence-corrected chi connectivity index (χ2v) is 47.4. The fourth-order valence-corrected chi connectivity index (χ4v) is 14.5. The normalized spacial score (nSPS) is 20.6. The van der Waals surface area contributed by atoms with Gasteiger partial charge >= 0.3 is 0 Å². The Kier molecular flexibility index (Phi) is 41.9. The van der Waals surface area contributed by atoms with Gasteiger partial charge in [-0.25, -0.2) is 0 Å². The first kappa shape index (κ1) is 90.4. The Hall–Kier alpha value is -3.70. The van der Waals surface area contributed by atoms with E-state index in [1.165, 1.54) is 69.0 Å². The summed E-state index contributed by atoms with van der Waals surface area (Å²) in [6.07, 6.45) is 12.8. The molecule has 98 heavy (non-hydrogen) atoms. The van der Waals surface area contributed by atoms with Crippen LogP contribution in [-0.4, -0.2) is 213 Å². The number of halogens is 4. The number of fused-ring (bicyclic) bond motifs is 2. The number of hydrogen-bond acceptors (Lipinski definition) is 18. The highest BCUT2D eigenvalue weighted by molar-refractivity contribution is 9.24. The van der Waals surface area contributed by atoms with E-state index >= 15 is 0 Å². The molecule has 0 bridgehead atoms. The van der Waals surface area contributed by atoms with Crippen LogP contribution in [0.4, 0.5) is 4.39 Å². The lowest BCUT2D eigenvalue weighted by Gasteiger charge is -2.38. The number of aliphatic hydroxyl groups excluding tert-OH is 1. The standard InChI is InChI=1S/C14H28N4O2Si.C14H28N2OSi.C11H23NO2Si.C10H13N3O3S.C8H13BrN2.C5H9NO2.C2Br2O2.CH3F/c1-14(2,3)21(4,5)20-11-12-7-8-13(19)18(12)10-6-9-16-17-15;1-14(2,3)18(4,5)17-11-12-7-8-13-15-9-6-10-16(12)13;1-11(2,3)15(4,5)14-8-9-6-7-10(13)12-9;1-9-3-5-10(6-4-9)17(14,15)16-8-2-7-12-13-11;9-6-7-2-3-8-10-4-1-5-11(7)8;7-3-4-1-2-5(8)6-4;3-1(5)2(4)6;1-2/h12H,6-11H2,1-5H3;12H,6-11H2,1-5H3;9H,6-8H2,1-5H3,(H,12,13);3-6H,2,7-8H2,1H3;7H,1-6H2;4,7H,1-3H2,(H,6,8);;1H3/t2*12-;9-;;7-;4-;;/m000.00../s1/i;;;;;;;1D. The summed E-state index contributed by atoms with van der Waals surface area (Å²) >= 11 is 8.35. The molecule has 3 amide bonds. The summed E-state index contributed by atoms with van der Waals surface area (Å²) in [5, 5.41) is 22.7. The Morgan fingerprint density at radius 3 is 1.51 bits per heavy atom. The molecule has 0 radical (unpaired) electrons. The van der Waals surface area contributed by atoms with Gasteiger partial charge < -0.3 is 43.7 Å². The quantitative estimate of drug-likeness (QED) is 0.0112. The predicted octanol–water partition coefficient (Wildman–Crippen LogP) is 14.0. The van der Waals surface area contributed by atoms with Crippen molar-refractivity contribution in [3.8, 4) is 0 Å². The Bertz CT molecular complexity index is 2930. The predicted molar refractivity (Wildman–Crippen MR) is 407 cm³/mol. The van der Waals surface area contributed by atoms with E-state index in [4.69, 9.17) is 35.0 Å². The van der Waals surface area contributed by atoms with Gasteiger partial charge in [-0.3, -0.25) is 42.5 Å². The average molecular weight is 1650 g/mol. The van der Waals surface area contributed by atoms with Gasteiger partial charge in [-0.15, -0.1) is 0 Å². The van der Waals surface area contributed by atoms with Crippen molar-refractivity contribution in [2.45, 2.75) is 249 Å². The minimum Gasteiger partial charge on any atom is -0.415 e. The SMILES string of the molecule is BrC[C@@H]1CCC2=NCCCN21.CC(C)(C)[Si](C)(C)OC[C@@H]1CCC(=O)N1.CC(C)(C)[Si](C)(C)OC[C@@H]1CCC(=O)N1CCCN=[N+]=[N-].CC(C)(C)[Si](C)(C)OC[C@@H]1CCC2=NCCCN21.Cc1ccc(S(=O)(=O)OCCCN=[N+]=[N-])cc1.O=C(Br)C(=O)Br.O=C1CC[C@@H](CO)N1.[2H]CF. The van der Waals surface area contributed by atoms with E-state index in [1.54, 1.807) is 12.1 Å². The van der Waals surface area contributed by atoms with E-state index in [0.29, 0.717) is 69.5 Å². The van der Waals surface area contributed by atoms with Crippen molar-refractivity contribution < 1.29 is 60.7 Å². The fourth-order valence-electron chi connectivity index (χ4n) is 9.74. The van der Waals surface area contributed by atoms with Gasteiger partial charge in [-0.1, -0.05) is 106 Å². The molecule has 1 aromatic carbocycles. The van der Waals surface area contributed by atoms with E-state index in [9.17, 15) is 36.8 Å². The van der Waals surface area contributed by atoms with Crippen LogP contribution in [0.1, 0.15) is 159 Å². The molecule has 8 rings (SSSR count). The molecular formula is C65H117Br3FN13O12SSi3. The molecule has 7 aliphatic rings. The molecule has 3 N–H and O–H groups in total. The molecular weight excluding hydrogens is 1530 g/mol. The Morgan fingerprint density at radius 2 is 1.10 bits per heavy atom. The van der Waals surface area contributed by atoms with Gasteiger partial charge in [0.25, 0.3) is 19.5 Å². The lowest BCUT2D eigenvalue weighted by molar-refractivity contribution is -0.129. The summed E-state index contributed by atoms with van der Waals surface area (Å²) in [7, 11) is -9.71. The summed E-state index contributed by atoms with van der Waals surface area (Å²) in [5.41, 5.74) is 17.3. The minimum atomic E-state index is -3.70. The maximum absolute atomic E-state index is 11.9. The molecule has 33 heteroatoms. The van der Waals surface area contributed by atoms with Crippen LogP contribution < -0.4 is 10.6 Å². The number of aryl methyl sites for hydroxylation is 1. The molecule has 0 spiro atoms. The van der Waals surface area contributed by atoms with Crippen LogP contribution in [0.5, 0.6) is 0 Å². The number of nitrogens with zero attached hydrogens (tertiary/aromatic N) is 11. The maximum atomic E-state index is 11.9. The number of amides is 3. The third-order valence-corrected chi connectivity index (χ3v) is 35.7. The molecule has 25 nitrogen and oxygen atoms in total. The first-order valence-corrected chi connectivity index (χ1v) is 46.7.